The molecule has 1 saturated heterocycles. The van der Waals surface area contributed by atoms with E-state index < -0.39 is 0 Å². The average Bonchev–Trinajstić information content (AvgIpc) is 3.26. The van der Waals surface area contributed by atoms with Crippen molar-refractivity contribution in [2.24, 2.45) is 0 Å². The topological polar surface area (TPSA) is 109 Å². The summed E-state index contributed by atoms with van der Waals surface area (Å²) in [6, 6.07) is 10.9. The normalized spacial score (nSPS) is 14.3. The van der Waals surface area contributed by atoms with Crippen LogP contribution in [0.2, 0.25) is 10.0 Å². The molecule has 35 heavy (non-hydrogen) atoms. The molecule has 9 nitrogen and oxygen atoms in total. The highest BCUT2D eigenvalue weighted by molar-refractivity contribution is 6.36. The van der Waals surface area contributed by atoms with Gasteiger partial charge in [0.05, 0.1) is 29.1 Å². The van der Waals surface area contributed by atoms with Gasteiger partial charge in [-0.15, -0.1) is 5.10 Å². The molecule has 4 heterocycles. The number of likely N-dealkylation sites (tertiary alicyclic amines) is 1. The number of halogens is 2. The first-order chi connectivity index (χ1) is 17.0. The Hall–Kier alpha value is -3.14. The maximum absolute atomic E-state index is 6.49. The number of fused-ring (bicyclic) bond motifs is 1. The smallest absolute Gasteiger partial charge is 0.226 e. The van der Waals surface area contributed by atoms with Crippen LogP contribution in [0.25, 0.3) is 16.9 Å². The van der Waals surface area contributed by atoms with E-state index in [2.05, 4.69) is 20.5 Å². The zero-order valence-electron chi connectivity index (χ0n) is 19.2. The van der Waals surface area contributed by atoms with Crippen molar-refractivity contribution in [2.75, 3.05) is 42.5 Å². The van der Waals surface area contributed by atoms with Crippen molar-refractivity contribution in [3.63, 3.8) is 0 Å². The summed E-state index contributed by atoms with van der Waals surface area (Å²) in [4.78, 5) is 16.3. The lowest BCUT2D eigenvalue weighted by Gasteiger charge is -2.24. The van der Waals surface area contributed by atoms with Crippen LogP contribution in [0.1, 0.15) is 25.1 Å². The summed E-state index contributed by atoms with van der Waals surface area (Å²) in [6.45, 7) is 4.10. The molecule has 3 aromatic heterocycles. The standard InChI is InChI=1S/C24H27Cl2N9/c25-16-4-6-18(19(26)12-16)20-13-23-32-22(15-34-10-2-1-3-11-34)33-35(23)24(31-20)29-9-8-28-21-7-5-17(27)14-30-21/h4-7,12-14H,1-3,8-11,15,27H2,(H,28,30)(H,29,31). The van der Waals surface area contributed by atoms with E-state index in [1.807, 2.05) is 24.3 Å². The van der Waals surface area contributed by atoms with Gasteiger partial charge < -0.3 is 16.4 Å². The van der Waals surface area contributed by atoms with Crippen LogP contribution in [0, 0.1) is 0 Å². The summed E-state index contributed by atoms with van der Waals surface area (Å²) in [7, 11) is 0. The maximum Gasteiger partial charge on any atom is 0.226 e. The van der Waals surface area contributed by atoms with Gasteiger partial charge in [-0.05, 0) is 56.3 Å². The van der Waals surface area contributed by atoms with Gasteiger partial charge in [-0.25, -0.2) is 15.0 Å². The lowest BCUT2D eigenvalue weighted by Crippen LogP contribution is -2.29. The van der Waals surface area contributed by atoms with E-state index in [0.717, 1.165) is 36.8 Å². The molecule has 1 aromatic carbocycles. The number of benzene rings is 1. The summed E-state index contributed by atoms with van der Waals surface area (Å²) < 4.78 is 1.76. The molecule has 1 fully saturated rings. The van der Waals surface area contributed by atoms with E-state index in [1.54, 1.807) is 22.8 Å². The van der Waals surface area contributed by atoms with Crippen LogP contribution < -0.4 is 16.4 Å². The quantitative estimate of drug-likeness (QED) is 0.294. The van der Waals surface area contributed by atoms with Gasteiger partial charge in [0.2, 0.25) is 5.95 Å². The minimum absolute atomic E-state index is 0.532. The fourth-order valence-electron chi connectivity index (χ4n) is 4.14. The lowest BCUT2D eigenvalue weighted by molar-refractivity contribution is 0.216. The Balaban J connectivity index is 1.40. The number of hydrogen-bond donors (Lipinski definition) is 3. The van der Waals surface area contributed by atoms with Crippen molar-refractivity contribution in [2.45, 2.75) is 25.8 Å². The minimum atomic E-state index is 0.532. The first-order valence-corrected chi connectivity index (χ1v) is 12.4. The average molecular weight is 512 g/mol. The second-order valence-electron chi connectivity index (χ2n) is 8.55. The number of nitrogens with one attached hydrogen (secondary N) is 2. The number of nitrogens with zero attached hydrogens (tertiary/aromatic N) is 6. The Morgan fingerprint density at radius 1 is 0.943 bits per heavy atom. The molecule has 0 aliphatic carbocycles. The van der Waals surface area contributed by atoms with Gasteiger partial charge in [0.1, 0.15) is 5.82 Å². The molecule has 0 saturated carbocycles. The van der Waals surface area contributed by atoms with Crippen LogP contribution in [-0.4, -0.2) is 55.6 Å². The first-order valence-electron chi connectivity index (χ1n) is 11.7. The number of nitrogens with two attached hydrogens (primary N) is 1. The lowest BCUT2D eigenvalue weighted by atomic mass is 10.1. The van der Waals surface area contributed by atoms with Crippen molar-refractivity contribution < 1.29 is 0 Å². The Morgan fingerprint density at radius 2 is 1.77 bits per heavy atom. The number of nitrogen functional groups attached to an aromatic ring is 1. The number of hydrogen-bond acceptors (Lipinski definition) is 8. The molecule has 0 spiro atoms. The molecule has 4 aromatic rings. The van der Waals surface area contributed by atoms with Crippen molar-refractivity contribution in [1.29, 1.82) is 0 Å². The second-order valence-corrected chi connectivity index (χ2v) is 9.40. The van der Waals surface area contributed by atoms with Crippen molar-refractivity contribution >= 4 is 46.3 Å². The summed E-state index contributed by atoms with van der Waals surface area (Å²) in [5.74, 6) is 2.12. The Labute approximate surface area is 213 Å². The molecular weight excluding hydrogens is 485 g/mol. The fourth-order valence-corrected chi connectivity index (χ4v) is 4.65. The third-order valence-corrected chi connectivity index (χ3v) is 6.44. The monoisotopic (exact) mass is 511 g/mol. The zero-order chi connectivity index (χ0) is 24.2. The number of aromatic nitrogens is 5. The van der Waals surface area contributed by atoms with E-state index in [0.29, 0.717) is 46.1 Å². The van der Waals surface area contributed by atoms with Crippen LogP contribution in [0.3, 0.4) is 0 Å². The summed E-state index contributed by atoms with van der Waals surface area (Å²) in [5, 5.41) is 12.5. The highest BCUT2D eigenvalue weighted by Crippen LogP contribution is 2.30. The highest BCUT2D eigenvalue weighted by atomic mass is 35.5. The molecule has 1 aliphatic rings. The molecule has 0 radical (unpaired) electrons. The van der Waals surface area contributed by atoms with Crippen molar-refractivity contribution in [3.05, 3.63) is 58.5 Å². The van der Waals surface area contributed by atoms with Crippen molar-refractivity contribution in [1.82, 2.24) is 29.5 Å². The third-order valence-electron chi connectivity index (χ3n) is 5.89. The molecule has 182 valence electrons. The van der Waals surface area contributed by atoms with Gasteiger partial charge in [-0.2, -0.15) is 4.52 Å². The van der Waals surface area contributed by atoms with Crippen LogP contribution in [-0.2, 0) is 6.54 Å². The van der Waals surface area contributed by atoms with E-state index in [4.69, 9.17) is 44.0 Å². The van der Waals surface area contributed by atoms with Crippen LogP contribution in [0.15, 0.2) is 42.6 Å². The molecule has 0 unspecified atom stereocenters. The SMILES string of the molecule is Nc1ccc(NCCNc2nc(-c3ccc(Cl)cc3Cl)cc3nc(CN4CCCCC4)nn23)nc1. The predicted molar refractivity (Wildman–Crippen MR) is 141 cm³/mol. The van der Waals surface area contributed by atoms with Crippen LogP contribution in [0.4, 0.5) is 17.5 Å². The molecule has 0 atom stereocenters. The predicted octanol–water partition coefficient (Wildman–Crippen LogP) is 4.59. The summed E-state index contributed by atoms with van der Waals surface area (Å²) >= 11 is 12.6. The molecule has 0 bridgehead atoms. The van der Waals surface area contributed by atoms with E-state index in [1.165, 1.54) is 19.3 Å². The van der Waals surface area contributed by atoms with Gasteiger partial charge in [0.15, 0.2) is 11.5 Å². The number of anilines is 3. The van der Waals surface area contributed by atoms with Gasteiger partial charge in [0.25, 0.3) is 0 Å². The van der Waals surface area contributed by atoms with E-state index >= 15 is 0 Å². The number of piperidine rings is 1. The molecule has 11 heteroatoms. The van der Waals surface area contributed by atoms with E-state index in [-0.39, 0.29) is 0 Å². The van der Waals surface area contributed by atoms with Crippen molar-refractivity contribution in [3.8, 4) is 11.3 Å². The van der Waals surface area contributed by atoms with Crippen LogP contribution >= 0.6 is 23.2 Å². The third kappa shape index (κ3) is 5.75. The Kier molecular flexibility index (Phi) is 7.17. The van der Waals surface area contributed by atoms with E-state index in [9.17, 15) is 0 Å². The van der Waals surface area contributed by atoms with Gasteiger partial charge >= 0.3 is 0 Å². The molecule has 4 N–H and O–H groups in total. The summed E-state index contributed by atoms with van der Waals surface area (Å²) in [6.07, 6.45) is 5.35. The molecule has 5 rings (SSSR count). The largest absolute Gasteiger partial charge is 0.397 e. The number of rotatable bonds is 8. The van der Waals surface area contributed by atoms with Gasteiger partial charge in [0, 0.05) is 29.7 Å². The molecule has 1 aliphatic heterocycles. The Morgan fingerprint density at radius 3 is 2.54 bits per heavy atom. The fraction of sp³-hybridized carbons (Fsp3) is 0.333. The van der Waals surface area contributed by atoms with Gasteiger partial charge in [-0.3, -0.25) is 4.90 Å². The minimum Gasteiger partial charge on any atom is -0.397 e. The maximum atomic E-state index is 6.49. The molecular formula is C24H27Cl2N9. The summed E-state index contributed by atoms with van der Waals surface area (Å²) in [5.41, 5.74) is 8.53. The number of pyridine rings is 1. The first kappa shape index (κ1) is 23.6. The van der Waals surface area contributed by atoms with Crippen LogP contribution in [0.5, 0.6) is 0 Å². The molecule has 0 amide bonds. The zero-order valence-corrected chi connectivity index (χ0v) is 20.7. The Bertz CT molecular complexity index is 1300. The van der Waals surface area contributed by atoms with Gasteiger partial charge in [-0.1, -0.05) is 29.6 Å². The highest BCUT2D eigenvalue weighted by Gasteiger charge is 2.17. The second kappa shape index (κ2) is 10.6.